The van der Waals surface area contributed by atoms with Crippen molar-refractivity contribution in [2.75, 3.05) is 18.1 Å². The van der Waals surface area contributed by atoms with Crippen molar-refractivity contribution in [2.24, 2.45) is 5.92 Å². The van der Waals surface area contributed by atoms with Gasteiger partial charge in [-0.1, -0.05) is 6.92 Å². The minimum atomic E-state index is -0.566. The third kappa shape index (κ3) is 11.3. The zero-order chi connectivity index (χ0) is 7.98. The molecule has 0 aromatic heterocycles. The zero-order valence-electron chi connectivity index (χ0n) is 7.29. The van der Waals surface area contributed by atoms with Crippen molar-refractivity contribution in [3.05, 3.63) is 6.92 Å². The molecule has 0 aromatic rings. The van der Waals surface area contributed by atoms with E-state index >= 15 is 0 Å². The van der Waals surface area contributed by atoms with Gasteiger partial charge in [-0.25, -0.2) is 0 Å². The van der Waals surface area contributed by atoms with Crippen LogP contribution in [0.4, 0.5) is 0 Å². The Labute approximate surface area is 95.1 Å². The Morgan fingerprint density at radius 3 is 2.36 bits per heavy atom. The van der Waals surface area contributed by atoms with Gasteiger partial charge in [-0.15, -0.1) is 0 Å². The molecule has 0 bridgehead atoms. The van der Waals surface area contributed by atoms with Crippen molar-refractivity contribution in [2.45, 2.75) is 13.0 Å². The molecule has 0 saturated heterocycles. The first-order valence-electron chi connectivity index (χ1n) is 3.36. The summed E-state index contributed by atoms with van der Waals surface area (Å²) in [4.78, 5) is 0. The van der Waals surface area contributed by atoms with Gasteiger partial charge in [0.05, 0.1) is 12.7 Å². The zero-order valence-corrected chi connectivity index (χ0v) is 10.1. The Morgan fingerprint density at radius 1 is 1.45 bits per heavy atom. The van der Waals surface area contributed by atoms with E-state index in [0.29, 0.717) is 11.7 Å². The Hall–Kier alpha value is 1.27. The predicted octanol–water partition coefficient (Wildman–Crippen LogP) is -2.45. The second-order valence-corrected chi connectivity index (χ2v) is 3.55. The van der Waals surface area contributed by atoms with E-state index in [1.165, 1.54) is 0 Å². The first-order chi connectivity index (χ1) is 4.66. The Balaban J connectivity index is 0. The molecule has 2 N–H and O–H groups in total. The number of aliphatic hydroxyl groups excluding tert-OH is 2. The summed E-state index contributed by atoms with van der Waals surface area (Å²) >= 11 is 1.62. The summed E-state index contributed by atoms with van der Waals surface area (Å²) in [5.41, 5.74) is 0. The molecule has 0 amide bonds. The fourth-order valence-corrected chi connectivity index (χ4v) is 1.37. The van der Waals surface area contributed by atoms with Gasteiger partial charge in [0.15, 0.2) is 0 Å². The summed E-state index contributed by atoms with van der Waals surface area (Å²) < 4.78 is 0. The summed E-state index contributed by atoms with van der Waals surface area (Å²) in [6, 6.07) is 0. The van der Waals surface area contributed by atoms with Crippen LogP contribution in [0.5, 0.6) is 0 Å². The molecular formula is C7H15NaO2S. The van der Waals surface area contributed by atoms with E-state index in [2.05, 4.69) is 6.92 Å². The largest absolute Gasteiger partial charge is 1.00 e. The van der Waals surface area contributed by atoms with Gasteiger partial charge in [-0.05, 0) is 5.75 Å². The molecule has 0 spiro atoms. The molecule has 0 aliphatic heterocycles. The monoisotopic (exact) mass is 186 g/mol. The van der Waals surface area contributed by atoms with Gasteiger partial charge in [-0.3, -0.25) is 0 Å². The summed E-state index contributed by atoms with van der Waals surface area (Å²) in [5, 5.41) is 17.3. The maximum absolute atomic E-state index is 8.88. The molecule has 2 unspecified atom stereocenters. The number of hydrogen-bond donors (Lipinski definition) is 2. The second kappa shape index (κ2) is 9.36. The van der Waals surface area contributed by atoms with Gasteiger partial charge in [0.25, 0.3) is 0 Å². The summed E-state index contributed by atoms with van der Waals surface area (Å²) in [5.74, 6) is 1.96. The van der Waals surface area contributed by atoms with Crippen molar-refractivity contribution < 1.29 is 39.8 Å². The predicted molar refractivity (Wildman–Crippen MR) is 44.9 cm³/mol. The van der Waals surface area contributed by atoms with Gasteiger partial charge in [-0.2, -0.15) is 17.7 Å². The van der Waals surface area contributed by atoms with Gasteiger partial charge in [0.2, 0.25) is 0 Å². The van der Waals surface area contributed by atoms with E-state index in [1.54, 1.807) is 11.8 Å². The fraction of sp³-hybridized carbons (Fsp3) is 0.857. The number of hydrogen-bond acceptors (Lipinski definition) is 3. The minimum absolute atomic E-state index is 0. The quantitative estimate of drug-likeness (QED) is 0.370. The average molecular weight is 186 g/mol. The average Bonchev–Trinajstić information content (AvgIpc) is 1.87. The SMILES string of the molecule is [CH2-]C(C)CSCC(O)CO.[Na+]. The molecule has 62 valence electrons. The van der Waals surface area contributed by atoms with Crippen LogP contribution in [0.1, 0.15) is 6.92 Å². The maximum Gasteiger partial charge on any atom is 1.00 e. The Kier molecular flexibility index (Phi) is 12.6. The van der Waals surface area contributed by atoms with Crippen LogP contribution in [-0.4, -0.2) is 34.4 Å². The molecule has 4 heteroatoms. The van der Waals surface area contributed by atoms with Gasteiger partial charge < -0.3 is 17.1 Å². The molecule has 11 heavy (non-hydrogen) atoms. The molecule has 0 aliphatic rings. The molecule has 0 saturated carbocycles. The van der Waals surface area contributed by atoms with E-state index in [4.69, 9.17) is 10.2 Å². The van der Waals surface area contributed by atoms with Crippen LogP contribution in [0.3, 0.4) is 0 Å². The van der Waals surface area contributed by atoms with Gasteiger partial charge in [0.1, 0.15) is 0 Å². The minimum Gasteiger partial charge on any atom is -0.394 e. The second-order valence-electron chi connectivity index (χ2n) is 2.48. The summed E-state index contributed by atoms with van der Waals surface area (Å²) in [6.07, 6.45) is -0.566. The Morgan fingerprint density at radius 2 is 2.00 bits per heavy atom. The standard InChI is InChI=1S/C7H15O2S.Na/c1-6(2)4-10-5-7(9)3-8;/h6-9H,1,3-5H2,2H3;/q-1;+1. The van der Waals surface area contributed by atoms with Crippen LogP contribution < -0.4 is 29.6 Å². The molecule has 0 aromatic carbocycles. The fourth-order valence-electron chi connectivity index (χ4n) is 0.458. The number of aliphatic hydroxyl groups is 2. The number of thioether (sulfide) groups is 1. The molecule has 0 rings (SSSR count). The molecule has 0 radical (unpaired) electrons. The summed E-state index contributed by atoms with van der Waals surface area (Å²) in [7, 11) is 0. The van der Waals surface area contributed by atoms with E-state index in [9.17, 15) is 0 Å². The normalized spacial score (nSPS) is 15.3. The van der Waals surface area contributed by atoms with Gasteiger partial charge >= 0.3 is 29.6 Å². The third-order valence-electron chi connectivity index (χ3n) is 0.923. The Bertz CT molecular complexity index is 80.8. The van der Waals surface area contributed by atoms with Crippen LogP contribution in [-0.2, 0) is 0 Å². The van der Waals surface area contributed by atoms with Crippen LogP contribution >= 0.6 is 11.8 Å². The van der Waals surface area contributed by atoms with Crippen molar-refractivity contribution in [1.82, 2.24) is 0 Å². The van der Waals surface area contributed by atoms with Crippen LogP contribution in [0, 0.1) is 12.8 Å². The summed E-state index contributed by atoms with van der Waals surface area (Å²) in [6.45, 7) is 5.68. The van der Waals surface area contributed by atoms with Crippen molar-refractivity contribution in [1.29, 1.82) is 0 Å². The molecular weight excluding hydrogens is 171 g/mol. The molecule has 2 nitrogen and oxygen atoms in total. The third-order valence-corrected chi connectivity index (χ3v) is 2.35. The van der Waals surface area contributed by atoms with Crippen LogP contribution in [0.2, 0.25) is 0 Å². The van der Waals surface area contributed by atoms with Crippen molar-refractivity contribution in [3.8, 4) is 0 Å². The van der Waals surface area contributed by atoms with Crippen LogP contribution in [0.25, 0.3) is 0 Å². The molecule has 0 fully saturated rings. The van der Waals surface area contributed by atoms with E-state index < -0.39 is 6.10 Å². The first kappa shape index (κ1) is 14.8. The van der Waals surface area contributed by atoms with Crippen molar-refractivity contribution >= 4 is 11.8 Å². The maximum atomic E-state index is 8.88. The van der Waals surface area contributed by atoms with Crippen molar-refractivity contribution in [3.63, 3.8) is 0 Å². The number of rotatable bonds is 5. The van der Waals surface area contributed by atoms with E-state index in [0.717, 1.165) is 5.75 Å². The molecule has 0 heterocycles. The van der Waals surface area contributed by atoms with E-state index in [1.807, 2.05) is 6.92 Å². The molecule has 0 aliphatic carbocycles. The van der Waals surface area contributed by atoms with Gasteiger partial charge in [0, 0.05) is 5.75 Å². The smallest absolute Gasteiger partial charge is 0.394 e. The first-order valence-corrected chi connectivity index (χ1v) is 4.52. The van der Waals surface area contributed by atoms with E-state index in [-0.39, 0.29) is 36.2 Å². The topological polar surface area (TPSA) is 40.5 Å². The molecule has 2 atom stereocenters. The van der Waals surface area contributed by atoms with Crippen LogP contribution in [0.15, 0.2) is 0 Å².